The zero-order chi connectivity index (χ0) is 31.5. The van der Waals surface area contributed by atoms with Gasteiger partial charge in [-0.2, -0.15) is 9.97 Å². The summed E-state index contributed by atoms with van der Waals surface area (Å²) in [5.41, 5.74) is 0.476. The van der Waals surface area contributed by atoms with E-state index in [0.717, 1.165) is 43.0 Å². The van der Waals surface area contributed by atoms with Gasteiger partial charge in [-0.3, -0.25) is 9.78 Å². The van der Waals surface area contributed by atoms with E-state index < -0.39 is 11.5 Å². The molecule has 46 heavy (non-hydrogen) atoms. The molecule has 3 saturated heterocycles. The molecule has 5 heterocycles. The summed E-state index contributed by atoms with van der Waals surface area (Å²) >= 11 is 0. The van der Waals surface area contributed by atoms with E-state index in [4.69, 9.17) is 9.72 Å². The number of piperazine rings is 1. The van der Waals surface area contributed by atoms with Gasteiger partial charge in [-0.1, -0.05) is 30.3 Å². The van der Waals surface area contributed by atoms with Gasteiger partial charge in [0.05, 0.1) is 12.1 Å². The van der Waals surface area contributed by atoms with Gasteiger partial charge in [0, 0.05) is 30.1 Å². The first-order valence-corrected chi connectivity index (χ1v) is 15.6. The van der Waals surface area contributed by atoms with Crippen molar-refractivity contribution >= 4 is 33.4 Å². The highest BCUT2D eigenvalue weighted by molar-refractivity contribution is 6.01. The van der Waals surface area contributed by atoms with Crippen molar-refractivity contribution in [3.05, 3.63) is 70.7 Å². The van der Waals surface area contributed by atoms with Crippen molar-refractivity contribution in [1.29, 1.82) is 0 Å². The van der Waals surface area contributed by atoms with E-state index in [1.165, 1.54) is 0 Å². The van der Waals surface area contributed by atoms with Crippen molar-refractivity contribution in [2.24, 2.45) is 0 Å². The predicted molar refractivity (Wildman–Crippen MR) is 170 cm³/mol. The monoisotopic (exact) mass is 624 g/mol. The molecule has 8 rings (SSSR count). The van der Waals surface area contributed by atoms with Crippen LogP contribution in [0.25, 0.3) is 32.8 Å². The summed E-state index contributed by atoms with van der Waals surface area (Å²) in [6.07, 6.45) is 3.65. The summed E-state index contributed by atoms with van der Waals surface area (Å²) in [5, 5.41) is 18.7. The predicted octanol–water partition coefficient (Wildman–Crippen LogP) is 3.67. The Labute approximate surface area is 262 Å². The molecule has 3 N–H and O–H groups in total. The number of fused-ring (bicyclic) bond motifs is 4. The second-order valence-corrected chi connectivity index (χ2v) is 12.5. The van der Waals surface area contributed by atoms with Crippen molar-refractivity contribution in [3.8, 4) is 22.9 Å². The molecule has 3 aromatic carbocycles. The number of anilines is 1. The SMILES string of the molecule is CN1CCC[C@H]1COc1nc(N2CC3CCC(C2)N3C(=O)c2n[nH]c(=O)[nH]2)c2ccc(-c3cc(O)cc4ccccc34)c(F)c2n1. The fraction of sp³-hybridized carbons (Fsp3) is 0.364. The number of phenolic OH excluding ortho intramolecular Hbond substituents is 1. The number of halogens is 1. The van der Waals surface area contributed by atoms with E-state index in [-0.39, 0.29) is 47.1 Å². The second kappa shape index (κ2) is 11.1. The maximum Gasteiger partial charge on any atom is 0.341 e. The maximum absolute atomic E-state index is 16.7. The lowest BCUT2D eigenvalue weighted by Crippen LogP contribution is -2.56. The average Bonchev–Trinajstić information content (AvgIpc) is 3.75. The second-order valence-electron chi connectivity index (χ2n) is 12.5. The summed E-state index contributed by atoms with van der Waals surface area (Å²) in [6, 6.07) is 14.3. The van der Waals surface area contributed by atoms with Gasteiger partial charge in [-0.15, -0.1) is 5.10 Å². The summed E-state index contributed by atoms with van der Waals surface area (Å²) in [4.78, 5) is 43.0. The van der Waals surface area contributed by atoms with E-state index >= 15 is 4.39 Å². The molecule has 2 bridgehead atoms. The summed E-state index contributed by atoms with van der Waals surface area (Å²) in [7, 11) is 2.06. The molecule has 3 aliphatic heterocycles. The number of amides is 1. The largest absolute Gasteiger partial charge is 0.508 e. The molecule has 0 radical (unpaired) electrons. The van der Waals surface area contributed by atoms with E-state index in [9.17, 15) is 14.7 Å². The van der Waals surface area contributed by atoms with E-state index in [0.29, 0.717) is 42.0 Å². The van der Waals surface area contributed by atoms with Gasteiger partial charge < -0.3 is 24.5 Å². The number of aromatic hydroxyl groups is 1. The summed E-state index contributed by atoms with van der Waals surface area (Å²) < 4.78 is 22.9. The number of carbonyl (C=O) groups is 1. The first-order chi connectivity index (χ1) is 22.3. The van der Waals surface area contributed by atoms with Crippen LogP contribution in [0.1, 0.15) is 36.3 Å². The van der Waals surface area contributed by atoms with Gasteiger partial charge in [0.2, 0.25) is 5.82 Å². The van der Waals surface area contributed by atoms with Crippen LogP contribution >= 0.6 is 0 Å². The molecule has 0 saturated carbocycles. The Morgan fingerprint density at radius 3 is 2.59 bits per heavy atom. The molecule has 3 aliphatic rings. The number of aromatic nitrogens is 5. The number of likely N-dealkylation sites (tertiary alicyclic amines) is 1. The molecule has 13 heteroatoms. The highest BCUT2D eigenvalue weighted by Gasteiger charge is 2.44. The first kappa shape index (κ1) is 28.4. The van der Waals surface area contributed by atoms with Crippen LogP contribution in [0.4, 0.5) is 10.2 Å². The third-order valence-electron chi connectivity index (χ3n) is 9.70. The molecule has 0 aliphatic carbocycles. The smallest absolute Gasteiger partial charge is 0.341 e. The highest BCUT2D eigenvalue weighted by Crippen LogP contribution is 2.40. The third-order valence-corrected chi connectivity index (χ3v) is 9.70. The number of aromatic amines is 2. The standard InChI is InChI=1S/C33H33FN8O4/c1-40-12-4-6-21(40)17-46-33-35-28-25(11-10-24(27(28)34)26-14-22(43)13-18-5-2-3-7-23(18)26)30(37-33)41-15-19-8-9-20(16-41)42(19)31(44)29-36-32(45)39-38-29/h2-3,5,7,10-11,13-14,19-21,43H,4,6,8-9,12,15-17H2,1H3,(H2,36,38,39,45)/t19?,20?,21-/m0/s1. The number of phenols is 1. The van der Waals surface area contributed by atoms with Gasteiger partial charge in [0.1, 0.15) is 23.7 Å². The Morgan fingerprint density at radius 2 is 1.85 bits per heavy atom. The van der Waals surface area contributed by atoms with Crippen LogP contribution in [-0.2, 0) is 0 Å². The lowest BCUT2D eigenvalue weighted by Gasteiger charge is -2.41. The van der Waals surface area contributed by atoms with E-state index in [1.54, 1.807) is 23.1 Å². The Hall–Kier alpha value is -5.04. The van der Waals surface area contributed by atoms with Gasteiger partial charge >= 0.3 is 11.7 Å². The number of hydrogen-bond acceptors (Lipinski definition) is 9. The third kappa shape index (κ3) is 4.82. The zero-order valence-electron chi connectivity index (χ0n) is 25.2. The number of H-pyrrole nitrogens is 2. The normalized spacial score (nSPS) is 21.5. The van der Waals surface area contributed by atoms with Crippen LogP contribution in [0.3, 0.4) is 0 Å². The molecule has 3 atom stereocenters. The molecule has 2 aromatic heterocycles. The van der Waals surface area contributed by atoms with E-state index in [2.05, 4.69) is 37.0 Å². The van der Waals surface area contributed by atoms with Gasteiger partial charge in [-0.05, 0) is 73.8 Å². The zero-order valence-corrected chi connectivity index (χ0v) is 25.2. The minimum Gasteiger partial charge on any atom is -0.508 e. The minimum atomic E-state index is -0.529. The van der Waals surface area contributed by atoms with Crippen LogP contribution in [0, 0.1) is 5.82 Å². The molecule has 2 unspecified atom stereocenters. The van der Waals surface area contributed by atoms with Crippen molar-refractivity contribution in [3.63, 3.8) is 0 Å². The van der Waals surface area contributed by atoms with Crippen LogP contribution < -0.4 is 15.3 Å². The fourth-order valence-electron chi connectivity index (χ4n) is 7.42. The summed E-state index contributed by atoms with van der Waals surface area (Å²) in [5.74, 6) is -0.272. The highest BCUT2D eigenvalue weighted by atomic mass is 19.1. The Morgan fingerprint density at radius 1 is 1.04 bits per heavy atom. The topological polar surface area (TPSA) is 144 Å². The van der Waals surface area contributed by atoms with Gasteiger partial charge in [0.15, 0.2) is 5.82 Å². The number of nitrogens with zero attached hydrogens (tertiary/aromatic N) is 6. The quantitative estimate of drug-likeness (QED) is 0.258. The molecule has 5 aromatic rings. The van der Waals surface area contributed by atoms with Gasteiger partial charge in [0.25, 0.3) is 5.91 Å². The number of nitrogens with one attached hydrogen (secondary N) is 2. The molecule has 236 valence electrons. The molecule has 12 nitrogen and oxygen atoms in total. The maximum atomic E-state index is 16.7. The number of ether oxygens (including phenoxy) is 1. The molecular formula is C33H33FN8O4. The number of carbonyl (C=O) groups excluding carboxylic acids is 1. The first-order valence-electron chi connectivity index (χ1n) is 15.6. The van der Waals surface area contributed by atoms with Crippen LogP contribution in [0.5, 0.6) is 11.8 Å². The van der Waals surface area contributed by atoms with Crippen molar-refractivity contribution in [2.75, 3.05) is 38.2 Å². The molecule has 0 spiro atoms. The Balaban J connectivity index is 1.20. The van der Waals surface area contributed by atoms with Crippen molar-refractivity contribution in [2.45, 2.75) is 43.8 Å². The summed E-state index contributed by atoms with van der Waals surface area (Å²) in [6.45, 7) is 2.31. The van der Waals surface area contributed by atoms with Crippen LogP contribution in [-0.4, -0.2) is 97.4 Å². The Bertz CT molecular complexity index is 2030. The number of rotatable bonds is 6. The average molecular weight is 625 g/mol. The van der Waals surface area contributed by atoms with Crippen molar-refractivity contribution in [1.82, 2.24) is 34.9 Å². The fourth-order valence-corrected chi connectivity index (χ4v) is 7.42. The van der Waals surface area contributed by atoms with E-state index in [1.807, 2.05) is 30.3 Å². The molecule has 1 amide bonds. The lowest BCUT2D eigenvalue weighted by molar-refractivity contribution is 0.0628. The number of hydrogen-bond donors (Lipinski definition) is 3. The Kier molecular flexibility index (Phi) is 6.85. The number of benzene rings is 3. The number of likely N-dealkylation sites (N-methyl/N-ethyl adjacent to an activating group) is 1. The van der Waals surface area contributed by atoms with Crippen LogP contribution in [0.2, 0.25) is 0 Å². The minimum absolute atomic E-state index is 0.00974. The van der Waals surface area contributed by atoms with Gasteiger partial charge in [-0.25, -0.2) is 14.3 Å². The van der Waals surface area contributed by atoms with Crippen LogP contribution in [0.15, 0.2) is 53.3 Å². The lowest BCUT2D eigenvalue weighted by atomic mass is 9.96. The molecular weight excluding hydrogens is 591 g/mol. The van der Waals surface area contributed by atoms with Crippen molar-refractivity contribution < 1.29 is 19.0 Å². The molecule has 3 fully saturated rings.